The molecule has 0 unspecified atom stereocenters. The molecule has 0 saturated carbocycles. The number of nitrogens with zero attached hydrogens (tertiary/aromatic N) is 1. The molecule has 0 spiro atoms. The molecule has 4 rings (SSSR count). The Morgan fingerprint density at radius 1 is 1.21 bits per heavy atom. The number of nitrogens with one attached hydrogen (secondary N) is 2. The lowest BCUT2D eigenvalue weighted by Crippen LogP contribution is -2.46. The average molecular weight is 399 g/mol. The minimum atomic E-state index is -0.165. The Hall–Kier alpha value is -2.74. The van der Waals surface area contributed by atoms with E-state index in [0.29, 0.717) is 49.4 Å². The SMILES string of the molecule is O=C1CCSc2ccc(C(=O)NC3CCN(C(=O)c4ccco4)CC3)cc2N1. The molecule has 28 heavy (non-hydrogen) atoms. The van der Waals surface area contributed by atoms with E-state index in [4.69, 9.17) is 4.42 Å². The second kappa shape index (κ2) is 8.10. The van der Waals surface area contributed by atoms with Gasteiger partial charge in [0.05, 0.1) is 12.0 Å². The van der Waals surface area contributed by atoms with Crippen LogP contribution in [0.25, 0.3) is 0 Å². The topological polar surface area (TPSA) is 91.7 Å². The van der Waals surface area contributed by atoms with Crippen molar-refractivity contribution in [2.75, 3.05) is 24.2 Å². The summed E-state index contributed by atoms with van der Waals surface area (Å²) in [4.78, 5) is 39.4. The van der Waals surface area contributed by atoms with Crippen LogP contribution < -0.4 is 10.6 Å². The maximum atomic E-state index is 12.6. The molecule has 2 aliphatic rings. The average Bonchev–Trinajstić information content (AvgIpc) is 3.17. The summed E-state index contributed by atoms with van der Waals surface area (Å²) in [5.41, 5.74) is 1.22. The Bertz CT molecular complexity index is 889. The number of furan rings is 1. The zero-order valence-electron chi connectivity index (χ0n) is 15.3. The Morgan fingerprint density at radius 3 is 2.79 bits per heavy atom. The van der Waals surface area contributed by atoms with Gasteiger partial charge in [-0.25, -0.2) is 0 Å². The monoisotopic (exact) mass is 399 g/mol. The van der Waals surface area contributed by atoms with Crippen molar-refractivity contribution >= 4 is 35.2 Å². The van der Waals surface area contributed by atoms with E-state index in [1.165, 1.54) is 6.26 Å². The fourth-order valence-corrected chi connectivity index (χ4v) is 4.35. The molecule has 8 heteroatoms. The Labute approximate surface area is 166 Å². The zero-order chi connectivity index (χ0) is 19.5. The second-order valence-electron chi connectivity index (χ2n) is 6.87. The number of thioether (sulfide) groups is 1. The molecule has 0 atom stereocenters. The van der Waals surface area contributed by atoms with Crippen molar-refractivity contribution in [3.63, 3.8) is 0 Å². The molecule has 146 valence electrons. The fraction of sp³-hybridized carbons (Fsp3) is 0.350. The van der Waals surface area contributed by atoms with Gasteiger partial charge in [0.2, 0.25) is 5.91 Å². The molecule has 1 aromatic carbocycles. The van der Waals surface area contributed by atoms with Crippen LogP contribution in [-0.4, -0.2) is 47.5 Å². The van der Waals surface area contributed by atoms with E-state index in [1.54, 1.807) is 40.9 Å². The lowest BCUT2D eigenvalue weighted by Gasteiger charge is -2.32. The third-order valence-corrected chi connectivity index (χ3v) is 6.03. The number of hydrogen-bond acceptors (Lipinski definition) is 5. The first-order valence-electron chi connectivity index (χ1n) is 9.30. The van der Waals surface area contributed by atoms with Gasteiger partial charge >= 0.3 is 0 Å². The predicted octanol–water partition coefficient (Wildman–Crippen LogP) is 2.75. The van der Waals surface area contributed by atoms with Gasteiger partial charge in [-0.05, 0) is 43.2 Å². The van der Waals surface area contributed by atoms with Crippen LogP contribution >= 0.6 is 11.8 Å². The standard InChI is InChI=1S/C20H21N3O4S/c24-18-7-11-28-17-4-3-13(12-15(17)22-18)19(25)21-14-5-8-23(9-6-14)20(26)16-2-1-10-27-16/h1-4,10,12,14H,5-9,11H2,(H,21,25)(H,22,24). The minimum Gasteiger partial charge on any atom is -0.459 e. The summed E-state index contributed by atoms with van der Waals surface area (Å²) in [6, 6.07) is 8.76. The Balaban J connectivity index is 1.35. The molecule has 1 aromatic heterocycles. The molecule has 0 radical (unpaired) electrons. The van der Waals surface area contributed by atoms with Gasteiger partial charge < -0.3 is 20.0 Å². The Kier molecular flexibility index (Phi) is 5.38. The molecule has 1 fully saturated rings. The van der Waals surface area contributed by atoms with Gasteiger partial charge in [0, 0.05) is 41.8 Å². The van der Waals surface area contributed by atoms with Crippen molar-refractivity contribution in [2.45, 2.75) is 30.2 Å². The van der Waals surface area contributed by atoms with Crippen molar-refractivity contribution < 1.29 is 18.8 Å². The van der Waals surface area contributed by atoms with Crippen LogP contribution in [0.3, 0.4) is 0 Å². The third-order valence-electron chi connectivity index (χ3n) is 4.95. The number of likely N-dealkylation sites (tertiary alicyclic amines) is 1. The van der Waals surface area contributed by atoms with Gasteiger partial charge in [-0.3, -0.25) is 14.4 Å². The van der Waals surface area contributed by atoms with Gasteiger partial charge in [0.15, 0.2) is 5.76 Å². The first-order chi connectivity index (χ1) is 13.6. The van der Waals surface area contributed by atoms with E-state index in [-0.39, 0.29) is 23.8 Å². The van der Waals surface area contributed by atoms with E-state index < -0.39 is 0 Å². The summed E-state index contributed by atoms with van der Waals surface area (Å²) in [7, 11) is 0. The molecule has 3 amide bonds. The number of fused-ring (bicyclic) bond motifs is 1. The first kappa shape index (κ1) is 18.6. The van der Waals surface area contributed by atoms with E-state index in [0.717, 1.165) is 10.6 Å². The summed E-state index contributed by atoms with van der Waals surface area (Å²) in [6.45, 7) is 1.14. The van der Waals surface area contributed by atoms with Crippen molar-refractivity contribution in [3.05, 3.63) is 47.9 Å². The van der Waals surface area contributed by atoms with Gasteiger partial charge in [-0.1, -0.05) is 0 Å². The molecular formula is C20H21N3O4S. The number of benzene rings is 1. The normalized spacial score (nSPS) is 17.4. The minimum absolute atomic E-state index is 0.0101. The zero-order valence-corrected chi connectivity index (χ0v) is 16.1. The van der Waals surface area contributed by atoms with Crippen LogP contribution in [0.1, 0.15) is 40.2 Å². The van der Waals surface area contributed by atoms with Crippen molar-refractivity contribution in [1.29, 1.82) is 0 Å². The highest BCUT2D eigenvalue weighted by molar-refractivity contribution is 7.99. The first-order valence-corrected chi connectivity index (χ1v) is 10.3. The molecule has 2 N–H and O–H groups in total. The number of carbonyl (C=O) groups excluding carboxylic acids is 3. The second-order valence-corrected chi connectivity index (χ2v) is 8.01. The molecule has 0 bridgehead atoms. The number of rotatable bonds is 3. The molecule has 2 aromatic rings. The van der Waals surface area contributed by atoms with Gasteiger partial charge in [-0.15, -0.1) is 11.8 Å². The van der Waals surface area contributed by atoms with Crippen LogP contribution in [0, 0.1) is 0 Å². The Morgan fingerprint density at radius 2 is 2.04 bits per heavy atom. The highest BCUT2D eigenvalue weighted by Crippen LogP contribution is 2.31. The summed E-state index contributed by atoms with van der Waals surface area (Å²) in [5.74, 6) is 0.764. The number of amides is 3. The summed E-state index contributed by atoms with van der Waals surface area (Å²) >= 11 is 1.61. The highest BCUT2D eigenvalue weighted by Gasteiger charge is 2.26. The molecule has 0 aliphatic carbocycles. The number of carbonyl (C=O) groups is 3. The number of anilines is 1. The summed E-state index contributed by atoms with van der Waals surface area (Å²) in [5, 5.41) is 5.90. The van der Waals surface area contributed by atoms with Crippen molar-refractivity contribution in [1.82, 2.24) is 10.2 Å². The maximum Gasteiger partial charge on any atom is 0.289 e. The summed E-state index contributed by atoms with van der Waals surface area (Å²) < 4.78 is 5.17. The van der Waals surface area contributed by atoms with Crippen LogP contribution in [-0.2, 0) is 4.79 Å². The fourth-order valence-electron chi connectivity index (χ4n) is 3.41. The number of piperidine rings is 1. The van der Waals surface area contributed by atoms with E-state index in [1.807, 2.05) is 6.07 Å². The number of hydrogen-bond donors (Lipinski definition) is 2. The predicted molar refractivity (Wildman–Crippen MR) is 106 cm³/mol. The van der Waals surface area contributed by atoms with Gasteiger partial charge in [0.1, 0.15) is 0 Å². The van der Waals surface area contributed by atoms with Gasteiger partial charge in [-0.2, -0.15) is 0 Å². The third kappa shape index (κ3) is 4.06. The van der Waals surface area contributed by atoms with Gasteiger partial charge in [0.25, 0.3) is 11.8 Å². The highest BCUT2D eigenvalue weighted by atomic mass is 32.2. The molecule has 3 heterocycles. The van der Waals surface area contributed by atoms with Crippen LogP contribution in [0.5, 0.6) is 0 Å². The largest absolute Gasteiger partial charge is 0.459 e. The lowest BCUT2D eigenvalue weighted by molar-refractivity contribution is -0.115. The van der Waals surface area contributed by atoms with Crippen molar-refractivity contribution in [2.24, 2.45) is 0 Å². The maximum absolute atomic E-state index is 12.6. The molecule has 7 nitrogen and oxygen atoms in total. The van der Waals surface area contributed by atoms with Crippen LogP contribution in [0.15, 0.2) is 45.9 Å². The summed E-state index contributed by atoms with van der Waals surface area (Å²) in [6.07, 6.45) is 3.34. The quantitative estimate of drug-likeness (QED) is 0.828. The molecule has 2 aliphatic heterocycles. The van der Waals surface area contributed by atoms with Crippen LogP contribution in [0.2, 0.25) is 0 Å². The van der Waals surface area contributed by atoms with E-state index >= 15 is 0 Å². The smallest absolute Gasteiger partial charge is 0.289 e. The molecule has 1 saturated heterocycles. The van der Waals surface area contributed by atoms with E-state index in [2.05, 4.69) is 10.6 Å². The van der Waals surface area contributed by atoms with Crippen LogP contribution in [0.4, 0.5) is 5.69 Å². The van der Waals surface area contributed by atoms with E-state index in [9.17, 15) is 14.4 Å². The lowest BCUT2D eigenvalue weighted by atomic mass is 10.0. The molecular weight excluding hydrogens is 378 g/mol. The van der Waals surface area contributed by atoms with Crippen molar-refractivity contribution in [3.8, 4) is 0 Å².